The number of aromatic nitrogens is 2. The summed E-state index contributed by atoms with van der Waals surface area (Å²) in [6.45, 7) is 1.37. The van der Waals surface area contributed by atoms with Crippen LogP contribution in [0.3, 0.4) is 0 Å². The third-order valence-corrected chi connectivity index (χ3v) is 3.98. The number of nitro groups is 1. The highest BCUT2D eigenvalue weighted by atomic mass is 35.5. The zero-order chi connectivity index (χ0) is 12.3. The lowest BCUT2D eigenvalue weighted by atomic mass is 10.2. The van der Waals surface area contributed by atoms with Crippen molar-refractivity contribution in [2.45, 2.75) is 23.1 Å². The van der Waals surface area contributed by atoms with Gasteiger partial charge in [-0.1, -0.05) is 23.4 Å². The average Bonchev–Trinajstić information content (AvgIpc) is 2.30. The molecule has 0 spiro atoms. The molecule has 1 aliphatic rings. The van der Waals surface area contributed by atoms with E-state index in [-0.39, 0.29) is 16.1 Å². The van der Waals surface area contributed by atoms with Gasteiger partial charge >= 0.3 is 5.69 Å². The topological polar surface area (TPSA) is 78.2 Å². The Hall–Kier alpha value is -0.920. The van der Waals surface area contributed by atoms with Gasteiger partial charge in [-0.15, -0.1) is 0 Å². The molecule has 1 aromatic heterocycles. The quantitative estimate of drug-likeness (QED) is 0.478. The van der Waals surface area contributed by atoms with Crippen molar-refractivity contribution in [3.8, 4) is 0 Å². The molecule has 0 unspecified atom stereocenters. The molecule has 0 N–H and O–H groups in total. The third-order valence-electron chi connectivity index (χ3n) is 2.37. The Kier molecular flexibility index (Phi) is 4.14. The Morgan fingerprint density at radius 2 is 2.18 bits per heavy atom. The average molecular weight is 276 g/mol. The van der Waals surface area contributed by atoms with E-state index >= 15 is 0 Å². The van der Waals surface area contributed by atoms with Gasteiger partial charge < -0.3 is 4.74 Å². The summed E-state index contributed by atoms with van der Waals surface area (Å²) in [5.41, 5.74) is -0.203. The third kappa shape index (κ3) is 3.05. The molecule has 0 bridgehead atoms. The van der Waals surface area contributed by atoms with Crippen LogP contribution in [-0.2, 0) is 4.74 Å². The molecule has 1 saturated heterocycles. The minimum absolute atomic E-state index is 0.112. The molecular weight excluding hydrogens is 266 g/mol. The maximum absolute atomic E-state index is 10.9. The summed E-state index contributed by atoms with van der Waals surface area (Å²) in [6, 6.07) is 0. The SMILES string of the molecule is O=[N+]([O-])c1c(Cl)ncnc1SC1CCOCC1. The van der Waals surface area contributed by atoms with Crippen molar-refractivity contribution >= 4 is 29.1 Å². The largest absolute Gasteiger partial charge is 0.381 e. The number of halogens is 1. The van der Waals surface area contributed by atoms with Crippen LogP contribution in [0.2, 0.25) is 5.15 Å². The summed E-state index contributed by atoms with van der Waals surface area (Å²) in [7, 11) is 0. The molecule has 92 valence electrons. The highest BCUT2D eigenvalue weighted by Gasteiger charge is 2.25. The van der Waals surface area contributed by atoms with Gasteiger partial charge in [0.1, 0.15) is 6.33 Å². The lowest BCUT2D eigenvalue weighted by Crippen LogP contribution is -2.17. The van der Waals surface area contributed by atoms with Gasteiger partial charge in [-0.3, -0.25) is 10.1 Å². The number of nitrogens with zero attached hydrogens (tertiary/aromatic N) is 3. The van der Waals surface area contributed by atoms with E-state index in [9.17, 15) is 10.1 Å². The Balaban J connectivity index is 2.19. The van der Waals surface area contributed by atoms with Crippen molar-refractivity contribution in [1.82, 2.24) is 9.97 Å². The van der Waals surface area contributed by atoms with E-state index in [4.69, 9.17) is 16.3 Å². The molecule has 0 aromatic carbocycles. The second-order valence-electron chi connectivity index (χ2n) is 3.50. The molecule has 2 heterocycles. The standard InChI is InChI=1S/C9H10ClN3O3S/c10-8-7(13(14)15)9(12-5-11-8)17-6-1-3-16-4-2-6/h5-6H,1-4H2. The van der Waals surface area contributed by atoms with Crippen LogP contribution in [0, 0.1) is 10.1 Å². The van der Waals surface area contributed by atoms with Gasteiger partial charge in [0.25, 0.3) is 0 Å². The lowest BCUT2D eigenvalue weighted by Gasteiger charge is -2.20. The fourth-order valence-electron chi connectivity index (χ4n) is 1.53. The fraction of sp³-hybridized carbons (Fsp3) is 0.556. The first-order chi connectivity index (χ1) is 8.18. The summed E-state index contributed by atoms with van der Waals surface area (Å²) in [4.78, 5) is 17.9. The van der Waals surface area contributed by atoms with Crippen molar-refractivity contribution in [3.63, 3.8) is 0 Å². The molecule has 1 aliphatic heterocycles. The summed E-state index contributed by atoms with van der Waals surface area (Å²) < 4.78 is 5.23. The van der Waals surface area contributed by atoms with Crippen molar-refractivity contribution in [3.05, 3.63) is 21.6 Å². The second-order valence-corrected chi connectivity index (χ2v) is 5.15. The van der Waals surface area contributed by atoms with Crippen molar-refractivity contribution in [1.29, 1.82) is 0 Å². The van der Waals surface area contributed by atoms with E-state index in [1.807, 2.05) is 0 Å². The molecular formula is C9H10ClN3O3S. The van der Waals surface area contributed by atoms with Crippen LogP contribution in [0.4, 0.5) is 5.69 Å². The van der Waals surface area contributed by atoms with E-state index in [0.29, 0.717) is 18.2 Å². The molecule has 8 heteroatoms. The molecule has 2 rings (SSSR count). The molecule has 0 atom stereocenters. The maximum atomic E-state index is 10.9. The fourth-order valence-corrected chi connectivity index (χ4v) is 2.93. The summed E-state index contributed by atoms with van der Waals surface area (Å²) >= 11 is 7.09. The number of hydrogen-bond acceptors (Lipinski definition) is 6. The van der Waals surface area contributed by atoms with Gasteiger partial charge in [0, 0.05) is 18.5 Å². The maximum Gasteiger partial charge on any atom is 0.338 e. The van der Waals surface area contributed by atoms with E-state index in [0.717, 1.165) is 12.8 Å². The lowest BCUT2D eigenvalue weighted by molar-refractivity contribution is -0.388. The van der Waals surface area contributed by atoms with Crippen molar-refractivity contribution < 1.29 is 9.66 Å². The zero-order valence-corrected chi connectivity index (χ0v) is 10.4. The van der Waals surface area contributed by atoms with Crippen molar-refractivity contribution in [2.24, 2.45) is 0 Å². The smallest absolute Gasteiger partial charge is 0.338 e. The minimum atomic E-state index is -0.538. The van der Waals surface area contributed by atoms with Gasteiger partial charge in [0.15, 0.2) is 5.03 Å². The van der Waals surface area contributed by atoms with Crippen LogP contribution in [-0.4, -0.2) is 33.4 Å². The van der Waals surface area contributed by atoms with Crippen LogP contribution in [0.25, 0.3) is 0 Å². The predicted octanol–water partition coefficient (Wildman–Crippen LogP) is 2.31. The van der Waals surface area contributed by atoms with Crippen LogP contribution < -0.4 is 0 Å². The van der Waals surface area contributed by atoms with Crippen LogP contribution >= 0.6 is 23.4 Å². The van der Waals surface area contributed by atoms with E-state index in [2.05, 4.69) is 9.97 Å². The highest BCUT2D eigenvalue weighted by molar-refractivity contribution is 8.00. The monoisotopic (exact) mass is 275 g/mol. The molecule has 6 nitrogen and oxygen atoms in total. The first-order valence-corrected chi connectivity index (χ1v) is 6.33. The minimum Gasteiger partial charge on any atom is -0.381 e. The number of ether oxygens (including phenoxy) is 1. The first kappa shape index (κ1) is 12.5. The van der Waals surface area contributed by atoms with Crippen LogP contribution in [0.1, 0.15) is 12.8 Å². The Labute approximate surface area is 107 Å². The van der Waals surface area contributed by atoms with Gasteiger partial charge in [-0.05, 0) is 12.8 Å². The van der Waals surface area contributed by atoms with E-state index < -0.39 is 4.92 Å². The Morgan fingerprint density at radius 1 is 1.47 bits per heavy atom. The Bertz CT molecular complexity index is 426. The van der Waals surface area contributed by atoms with E-state index in [1.165, 1.54) is 18.1 Å². The molecule has 1 aromatic rings. The summed E-state index contributed by atoms with van der Waals surface area (Å²) in [5.74, 6) is 0. The molecule has 0 saturated carbocycles. The molecule has 0 radical (unpaired) electrons. The molecule has 1 fully saturated rings. The van der Waals surface area contributed by atoms with Gasteiger partial charge in [0.05, 0.1) is 4.92 Å². The zero-order valence-electron chi connectivity index (χ0n) is 8.84. The van der Waals surface area contributed by atoms with Gasteiger partial charge in [-0.2, -0.15) is 0 Å². The Morgan fingerprint density at radius 3 is 2.82 bits per heavy atom. The highest BCUT2D eigenvalue weighted by Crippen LogP contribution is 2.36. The summed E-state index contributed by atoms with van der Waals surface area (Å²) in [5, 5.41) is 11.4. The van der Waals surface area contributed by atoms with Gasteiger partial charge in [-0.25, -0.2) is 9.97 Å². The van der Waals surface area contributed by atoms with Crippen LogP contribution in [0.15, 0.2) is 11.4 Å². The number of rotatable bonds is 3. The van der Waals surface area contributed by atoms with Crippen molar-refractivity contribution in [2.75, 3.05) is 13.2 Å². The van der Waals surface area contributed by atoms with Gasteiger partial charge in [0.2, 0.25) is 5.15 Å². The summed E-state index contributed by atoms with van der Waals surface area (Å²) in [6.07, 6.45) is 2.98. The van der Waals surface area contributed by atoms with Crippen LogP contribution in [0.5, 0.6) is 0 Å². The first-order valence-electron chi connectivity index (χ1n) is 5.08. The molecule has 17 heavy (non-hydrogen) atoms. The second kappa shape index (κ2) is 5.61. The molecule has 0 amide bonds. The normalized spacial score (nSPS) is 17.0. The van der Waals surface area contributed by atoms with E-state index in [1.54, 1.807) is 0 Å². The number of hydrogen-bond donors (Lipinski definition) is 0. The number of thioether (sulfide) groups is 1. The molecule has 0 aliphatic carbocycles. The predicted molar refractivity (Wildman–Crippen MR) is 63.4 cm³/mol.